The van der Waals surface area contributed by atoms with Crippen molar-refractivity contribution in [1.29, 1.82) is 0 Å². The minimum absolute atomic E-state index is 0.0443. The molecule has 0 radical (unpaired) electrons. The number of methoxy groups -OCH3 is 1. The fourth-order valence-electron chi connectivity index (χ4n) is 3.24. The summed E-state index contributed by atoms with van der Waals surface area (Å²) in [4.78, 5) is 14.3. The number of aromatic nitrogens is 1. The highest BCUT2D eigenvalue weighted by Crippen LogP contribution is 2.38. The number of nitrogens with one attached hydrogen (secondary N) is 2. The normalized spacial score (nSPS) is 17.2. The van der Waals surface area contributed by atoms with Gasteiger partial charge in [-0.3, -0.25) is 4.79 Å². The number of ether oxygens (including phenoxy) is 1. The molecule has 20 heavy (non-hydrogen) atoms. The maximum atomic E-state index is 11.0. The quantitative estimate of drug-likeness (QED) is 0.898. The number of hydrogen-bond acceptors (Lipinski definition) is 2. The minimum atomic E-state index is 0.0443. The summed E-state index contributed by atoms with van der Waals surface area (Å²) in [6, 6.07) is 4.12. The molecule has 0 bridgehead atoms. The van der Waals surface area contributed by atoms with Crippen LogP contribution in [0.5, 0.6) is 5.75 Å². The first-order valence-electron chi connectivity index (χ1n) is 7.09. The Morgan fingerprint density at radius 1 is 1.45 bits per heavy atom. The fraction of sp³-hybridized carbons (Fsp3) is 0.438. The van der Waals surface area contributed by atoms with Crippen LogP contribution in [0, 0.1) is 5.92 Å². The van der Waals surface area contributed by atoms with Crippen LogP contribution in [-0.4, -0.2) is 24.5 Å². The van der Waals surface area contributed by atoms with Crippen molar-refractivity contribution in [3.8, 4) is 5.75 Å². The van der Waals surface area contributed by atoms with E-state index in [0.29, 0.717) is 5.92 Å². The van der Waals surface area contributed by atoms with E-state index in [2.05, 4.69) is 22.6 Å². The zero-order valence-electron chi connectivity index (χ0n) is 12.0. The van der Waals surface area contributed by atoms with E-state index in [0.717, 1.165) is 31.6 Å². The number of benzene rings is 1. The summed E-state index contributed by atoms with van der Waals surface area (Å²) in [5.74, 6) is 1.58. The zero-order chi connectivity index (χ0) is 14.1. The number of H-pyrrole nitrogens is 1. The summed E-state index contributed by atoms with van der Waals surface area (Å²) < 4.78 is 5.51. The molecule has 4 heteroatoms. The van der Waals surface area contributed by atoms with Crippen molar-refractivity contribution in [2.45, 2.75) is 26.2 Å². The van der Waals surface area contributed by atoms with Crippen LogP contribution in [0.3, 0.4) is 0 Å². The molecule has 1 aliphatic rings. The molecule has 1 aromatic heterocycles. The second kappa shape index (κ2) is 5.19. The van der Waals surface area contributed by atoms with Crippen LogP contribution in [0.15, 0.2) is 18.3 Å². The van der Waals surface area contributed by atoms with Gasteiger partial charge in [0.1, 0.15) is 5.75 Å². The van der Waals surface area contributed by atoms with Gasteiger partial charge in [-0.15, -0.1) is 0 Å². The highest BCUT2D eigenvalue weighted by atomic mass is 16.5. The molecule has 1 amide bonds. The third-order valence-corrected chi connectivity index (χ3v) is 4.14. The SMILES string of the molecule is COc1ccc2[nH]cc3c2c1CC(CCNC(C)=O)C3. The molecule has 1 unspecified atom stereocenters. The molecule has 0 saturated heterocycles. The molecule has 0 aliphatic heterocycles. The predicted octanol–water partition coefficient (Wildman–Crippen LogP) is 2.42. The molecule has 1 aliphatic carbocycles. The highest BCUT2D eigenvalue weighted by Gasteiger charge is 2.24. The topological polar surface area (TPSA) is 54.1 Å². The first-order valence-corrected chi connectivity index (χ1v) is 7.09. The third kappa shape index (κ3) is 2.26. The van der Waals surface area contributed by atoms with Gasteiger partial charge in [-0.25, -0.2) is 0 Å². The van der Waals surface area contributed by atoms with E-state index in [1.54, 1.807) is 14.0 Å². The number of carbonyl (C=O) groups excluding carboxylic acids is 1. The van der Waals surface area contributed by atoms with Gasteiger partial charge in [0.15, 0.2) is 0 Å². The molecule has 106 valence electrons. The van der Waals surface area contributed by atoms with E-state index in [4.69, 9.17) is 4.74 Å². The average Bonchev–Trinajstić information content (AvgIpc) is 2.83. The predicted molar refractivity (Wildman–Crippen MR) is 79.0 cm³/mol. The van der Waals surface area contributed by atoms with Gasteiger partial charge in [-0.2, -0.15) is 0 Å². The number of rotatable bonds is 4. The Balaban J connectivity index is 1.84. The highest BCUT2D eigenvalue weighted by molar-refractivity contribution is 5.89. The smallest absolute Gasteiger partial charge is 0.216 e. The van der Waals surface area contributed by atoms with Crippen molar-refractivity contribution in [1.82, 2.24) is 10.3 Å². The van der Waals surface area contributed by atoms with E-state index >= 15 is 0 Å². The summed E-state index contributed by atoms with van der Waals surface area (Å²) >= 11 is 0. The standard InChI is InChI=1S/C16H20N2O2/c1-10(19)17-6-5-11-7-12-9-18-14-3-4-15(20-2)13(8-11)16(12)14/h3-4,9,11,18H,5-8H2,1-2H3,(H,17,19). The lowest BCUT2D eigenvalue weighted by Crippen LogP contribution is -2.25. The summed E-state index contributed by atoms with van der Waals surface area (Å²) in [5, 5.41) is 4.22. The molecule has 1 atom stereocenters. The molecular weight excluding hydrogens is 252 g/mol. The molecule has 1 aromatic carbocycles. The Bertz CT molecular complexity index is 645. The fourth-order valence-corrected chi connectivity index (χ4v) is 3.24. The molecule has 2 N–H and O–H groups in total. The third-order valence-electron chi connectivity index (χ3n) is 4.14. The molecule has 0 saturated carbocycles. The second-order valence-electron chi connectivity index (χ2n) is 5.53. The lowest BCUT2D eigenvalue weighted by atomic mass is 9.82. The average molecular weight is 272 g/mol. The van der Waals surface area contributed by atoms with Gasteiger partial charge in [0.25, 0.3) is 0 Å². The maximum absolute atomic E-state index is 11.0. The van der Waals surface area contributed by atoms with Gasteiger partial charge in [0.05, 0.1) is 7.11 Å². The number of aromatic amines is 1. The molecule has 0 spiro atoms. The van der Waals surface area contributed by atoms with Crippen LogP contribution in [0.2, 0.25) is 0 Å². The largest absolute Gasteiger partial charge is 0.496 e. The van der Waals surface area contributed by atoms with Crippen molar-refractivity contribution >= 4 is 16.8 Å². The van der Waals surface area contributed by atoms with Crippen LogP contribution >= 0.6 is 0 Å². The maximum Gasteiger partial charge on any atom is 0.216 e. The van der Waals surface area contributed by atoms with Gasteiger partial charge in [-0.05, 0) is 42.9 Å². The van der Waals surface area contributed by atoms with Gasteiger partial charge >= 0.3 is 0 Å². The first kappa shape index (κ1) is 13.0. The molecule has 0 fully saturated rings. The van der Waals surface area contributed by atoms with E-state index in [1.165, 1.54) is 22.0 Å². The Morgan fingerprint density at radius 3 is 3.05 bits per heavy atom. The lowest BCUT2D eigenvalue weighted by Gasteiger charge is -2.24. The second-order valence-corrected chi connectivity index (χ2v) is 5.53. The van der Waals surface area contributed by atoms with Gasteiger partial charge in [0, 0.05) is 36.1 Å². The van der Waals surface area contributed by atoms with Crippen LogP contribution < -0.4 is 10.1 Å². The van der Waals surface area contributed by atoms with Crippen LogP contribution in [0.4, 0.5) is 0 Å². The Morgan fingerprint density at radius 2 is 2.30 bits per heavy atom. The Labute approximate surface area is 118 Å². The van der Waals surface area contributed by atoms with Crippen LogP contribution in [0.1, 0.15) is 24.5 Å². The van der Waals surface area contributed by atoms with E-state index in [9.17, 15) is 4.79 Å². The summed E-state index contributed by atoms with van der Waals surface area (Å²) in [5.41, 5.74) is 3.87. The molecule has 2 aromatic rings. The van der Waals surface area contributed by atoms with Crippen molar-refractivity contribution in [2.24, 2.45) is 5.92 Å². The monoisotopic (exact) mass is 272 g/mol. The van der Waals surface area contributed by atoms with Crippen LogP contribution in [0.25, 0.3) is 10.9 Å². The minimum Gasteiger partial charge on any atom is -0.496 e. The molecule has 3 rings (SSSR count). The number of hydrogen-bond donors (Lipinski definition) is 2. The van der Waals surface area contributed by atoms with Crippen molar-refractivity contribution in [3.05, 3.63) is 29.5 Å². The lowest BCUT2D eigenvalue weighted by molar-refractivity contribution is -0.119. The van der Waals surface area contributed by atoms with Crippen molar-refractivity contribution < 1.29 is 9.53 Å². The van der Waals surface area contributed by atoms with E-state index in [-0.39, 0.29) is 5.91 Å². The summed E-state index contributed by atoms with van der Waals surface area (Å²) in [7, 11) is 1.73. The Kier molecular flexibility index (Phi) is 3.38. The molecular formula is C16H20N2O2. The van der Waals surface area contributed by atoms with Gasteiger partial charge < -0.3 is 15.0 Å². The van der Waals surface area contributed by atoms with Crippen molar-refractivity contribution in [2.75, 3.05) is 13.7 Å². The number of amides is 1. The zero-order valence-corrected chi connectivity index (χ0v) is 12.0. The van der Waals surface area contributed by atoms with E-state index in [1.807, 2.05) is 6.07 Å². The van der Waals surface area contributed by atoms with Gasteiger partial charge in [0.2, 0.25) is 5.91 Å². The van der Waals surface area contributed by atoms with Crippen molar-refractivity contribution in [3.63, 3.8) is 0 Å². The van der Waals surface area contributed by atoms with E-state index < -0.39 is 0 Å². The first-order chi connectivity index (χ1) is 9.69. The molecule has 4 nitrogen and oxygen atoms in total. The number of carbonyl (C=O) groups is 1. The van der Waals surface area contributed by atoms with Gasteiger partial charge in [-0.1, -0.05) is 0 Å². The summed E-state index contributed by atoms with van der Waals surface area (Å²) in [6.45, 7) is 2.31. The Hall–Kier alpha value is -1.97. The molecule has 1 heterocycles. The summed E-state index contributed by atoms with van der Waals surface area (Å²) in [6.07, 6.45) is 5.20. The van der Waals surface area contributed by atoms with Crippen LogP contribution in [-0.2, 0) is 17.6 Å².